The number of unbranched alkanes of at least 4 members (excludes halogenated alkanes) is 1. The highest BCUT2D eigenvalue weighted by Gasteiger charge is 2.41. The molecule has 174 valence electrons. The molecule has 0 amide bonds. The molecule has 0 saturated heterocycles. The summed E-state index contributed by atoms with van der Waals surface area (Å²) in [5.41, 5.74) is -0.311. The number of thioether (sulfide) groups is 1. The van der Waals surface area contributed by atoms with Crippen LogP contribution >= 0.6 is 11.8 Å². The number of allylic oxidation sites excluding steroid dienone is 1. The quantitative estimate of drug-likeness (QED) is 0.297. The lowest BCUT2D eigenvalue weighted by Gasteiger charge is -2.22. The number of carbonyl (C=O) groups is 2. The fraction of sp³-hybridized carbons (Fsp3) is 0.308. The lowest BCUT2D eigenvalue weighted by atomic mass is 9.89. The summed E-state index contributed by atoms with van der Waals surface area (Å²) in [4.78, 5) is 24.8. The summed E-state index contributed by atoms with van der Waals surface area (Å²) in [6.07, 6.45) is 7.01. The van der Waals surface area contributed by atoms with Crippen molar-refractivity contribution < 1.29 is 28.9 Å². The van der Waals surface area contributed by atoms with E-state index in [1.165, 1.54) is 18.9 Å². The second-order valence-electron chi connectivity index (χ2n) is 7.58. The van der Waals surface area contributed by atoms with Crippen molar-refractivity contribution in [2.24, 2.45) is 0 Å². The summed E-state index contributed by atoms with van der Waals surface area (Å²) < 4.78 is 15.7. The third kappa shape index (κ3) is 6.73. The van der Waals surface area contributed by atoms with Gasteiger partial charge in [0, 0.05) is 5.57 Å². The molecule has 1 unspecified atom stereocenters. The molecule has 1 aliphatic rings. The van der Waals surface area contributed by atoms with Crippen LogP contribution in [0.2, 0.25) is 0 Å². The minimum absolute atomic E-state index is 0.175. The van der Waals surface area contributed by atoms with Gasteiger partial charge in [-0.15, -0.1) is 11.8 Å². The number of ether oxygens (including phenoxy) is 3. The first kappa shape index (κ1) is 24.6. The summed E-state index contributed by atoms with van der Waals surface area (Å²) in [6.45, 7) is 0.328. The average molecular weight is 469 g/mol. The molecule has 0 radical (unpaired) electrons. The zero-order valence-corrected chi connectivity index (χ0v) is 19.6. The Morgan fingerprint density at radius 1 is 1.06 bits per heavy atom. The van der Waals surface area contributed by atoms with Gasteiger partial charge in [-0.3, -0.25) is 4.79 Å². The van der Waals surface area contributed by atoms with Gasteiger partial charge in [-0.2, -0.15) is 0 Å². The minimum atomic E-state index is -1.34. The number of Topliss-reactive ketones (excluding diaryl/α,β-unsaturated/α-hetero) is 1. The number of hydrogen-bond donors (Lipinski definition) is 1. The second-order valence-corrected chi connectivity index (χ2v) is 8.43. The van der Waals surface area contributed by atoms with E-state index >= 15 is 0 Å². The highest BCUT2D eigenvalue weighted by atomic mass is 32.2. The smallest absolute Gasteiger partial charge is 0.343 e. The van der Waals surface area contributed by atoms with Crippen molar-refractivity contribution in [1.82, 2.24) is 0 Å². The van der Waals surface area contributed by atoms with Crippen LogP contribution in [0.5, 0.6) is 11.5 Å². The van der Waals surface area contributed by atoms with E-state index in [9.17, 15) is 14.7 Å². The Balaban J connectivity index is 1.68. The standard InChI is InChI=1S/C26H28O6S/c1-30-24(27)18-32-21-12-8-9-19(15-21)16-22-25(28)23(33-2)17-26(22,29)13-6-7-14-31-20-10-4-3-5-11-20/h3-5,8-12,15-17,29H,6-7,13-14,18H2,1-2H3/b22-16+. The molecule has 6 nitrogen and oxygen atoms in total. The van der Waals surface area contributed by atoms with Crippen LogP contribution in [0.15, 0.2) is 71.2 Å². The molecule has 2 aromatic rings. The third-order valence-corrected chi connectivity index (χ3v) is 5.99. The molecule has 1 aliphatic carbocycles. The van der Waals surface area contributed by atoms with Crippen molar-refractivity contribution in [3.63, 3.8) is 0 Å². The van der Waals surface area contributed by atoms with E-state index in [0.29, 0.717) is 41.2 Å². The van der Waals surface area contributed by atoms with Crippen LogP contribution in [0.1, 0.15) is 24.8 Å². The summed E-state index contributed by atoms with van der Waals surface area (Å²) in [6, 6.07) is 16.6. The van der Waals surface area contributed by atoms with E-state index in [1.54, 1.807) is 30.4 Å². The van der Waals surface area contributed by atoms with E-state index in [2.05, 4.69) is 4.74 Å². The van der Waals surface area contributed by atoms with Gasteiger partial charge < -0.3 is 19.3 Å². The first-order valence-electron chi connectivity index (χ1n) is 10.7. The van der Waals surface area contributed by atoms with Crippen molar-refractivity contribution >= 4 is 29.6 Å². The topological polar surface area (TPSA) is 82.1 Å². The molecule has 2 aromatic carbocycles. The van der Waals surface area contributed by atoms with Gasteiger partial charge in [0.1, 0.15) is 17.1 Å². The summed E-state index contributed by atoms with van der Waals surface area (Å²) >= 11 is 1.33. The predicted molar refractivity (Wildman–Crippen MR) is 129 cm³/mol. The van der Waals surface area contributed by atoms with Crippen molar-refractivity contribution in [2.75, 3.05) is 26.6 Å². The second kappa shape index (κ2) is 11.7. The van der Waals surface area contributed by atoms with Crippen LogP contribution in [0.4, 0.5) is 0 Å². The Kier molecular flexibility index (Phi) is 8.74. The number of rotatable bonds is 11. The fourth-order valence-electron chi connectivity index (χ4n) is 3.50. The Labute approximate surface area is 198 Å². The van der Waals surface area contributed by atoms with Gasteiger partial charge in [0.05, 0.1) is 18.6 Å². The number of hydrogen-bond acceptors (Lipinski definition) is 7. The fourth-order valence-corrected chi connectivity index (χ4v) is 4.11. The van der Waals surface area contributed by atoms with Crippen molar-refractivity contribution in [3.05, 3.63) is 76.7 Å². The molecular weight excluding hydrogens is 440 g/mol. The molecule has 7 heteroatoms. The Morgan fingerprint density at radius 3 is 2.55 bits per heavy atom. The van der Waals surface area contributed by atoms with Crippen LogP contribution in [-0.2, 0) is 14.3 Å². The van der Waals surface area contributed by atoms with E-state index in [4.69, 9.17) is 9.47 Å². The molecule has 0 saturated carbocycles. The van der Waals surface area contributed by atoms with Crippen LogP contribution in [0.25, 0.3) is 6.08 Å². The van der Waals surface area contributed by atoms with Gasteiger partial charge >= 0.3 is 5.97 Å². The molecule has 33 heavy (non-hydrogen) atoms. The first-order valence-corrected chi connectivity index (χ1v) is 11.9. The molecule has 1 atom stereocenters. The van der Waals surface area contributed by atoms with Gasteiger partial charge in [0.15, 0.2) is 12.4 Å². The van der Waals surface area contributed by atoms with Crippen molar-refractivity contribution in [1.29, 1.82) is 0 Å². The maximum Gasteiger partial charge on any atom is 0.343 e. The number of aliphatic hydroxyl groups is 1. The lowest BCUT2D eigenvalue weighted by Crippen LogP contribution is -2.28. The molecule has 1 N–H and O–H groups in total. The van der Waals surface area contributed by atoms with Crippen LogP contribution in [-0.4, -0.2) is 49.0 Å². The molecule has 0 aromatic heterocycles. The normalized spacial score (nSPS) is 18.8. The van der Waals surface area contributed by atoms with Gasteiger partial charge in [-0.25, -0.2) is 4.79 Å². The largest absolute Gasteiger partial charge is 0.494 e. The maximum atomic E-state index is 12.9. The van der Waals surface area contributed by atoms with Gasteiger partial charge in [0.2, 0.25) is 0 Å². The van der Waals surface area contributed by atoms with E-state index in [1.807, 2.05) is 42.7 Å². The predicted octanol–water partition coefficient (Wildman–Crippen LogP) is 4.43. The van der Waals surface area contributed by atoms with E-state index in [0.717, 1.165) is 12.2 Å². The number of para-hydroxylation sites is 1. The van der Waals surface area contributed by atoms with E-state index < -0.39 is 11.6 Å². The van der Waals surface area contributed by atoms with Crippen LogP contribution in [0.3, 0.4) is 0 Å². The number of carbonyl (C=O) groups excluding carboxylic acids is 2. The van der Waals surface area contributed by atoms with Crippen molar-refractivity contribution in [2.45, 2.75) is 24.9 Å². The van der Waals surface area contributed by atoms with Crippen molar-refractivity contribution in [3.8, 4) is 11.5 Å². The zero-order valence-electron chi connectivity index (χ0n) is 18.8. The Bertz CT molecular complexity index is 1030. The Hall–Kier alpha value is -3.03. The van der Waals surface area contributed by atoms with Gasteiger partial charge in [-0.05, 0) is 67.5 Å². The number of methoxy groups -OCH3 is 1. The van der Waals surface area contributed by atoms with Crippen LogP contribution < -0.4 is 9.47 Å². The summed E-state index contributed by atoms with van der Waals surface area (Å²) in [7, 11) is 1.29. The molecule has 0 spiro atoms. The summed E-state index contributed by atoms with van der Waals surface area (Å²) in [5, 5.41) is 11.4. The highest BCUT2D eigenvalue weighted by molar-refractivity contribution is 8.03. The molecule has 0 fully saturated rings. The minimum Gasteiger partial charge on any atom is -0.494 e. The third-order valence-electron chi connectivity index (χ3n) is 5.24. The van der Waals surface area contributed by atoms with Gasteiger partial charge in [0.25, 0.3) is 0 Å². The van der Waals surface area contributed by atoms with E-state index in [-0.39, 0.29) is 12.4 Å². The molecule has 0 bridgehead atoms. The average Bonchev–Trinajstić information content (AvgIpc) is 3.08. The molecule has 0 aliphatic heterocycles. The number of ketones is 1. The monoisotopic (exact) mass is 468 g/mol. The number of benzene rings is 2. The highest BCUT2D eigenvalue weighted by Crippen LogP contribution is 2.39. The summed E-state index contributed by atoms with van der Waals surface area (Å²) in [5.74, 6) is 0.627. The molecule has 0 heterocycles. The Morgan fingerprint density at radius 2 is 1.82 bits per heavy atom. The maximum absolute atomic E-state index is 12.9. The molecular formula is C26H28O6S. The first-order chi connectivity index (χ1) is 15.9. The number of esters is 1. The zero-order chi connectivity index (χ0) is 23.7. The van der Waals surface area contributed by atoms with Gasteiger partial charge in [-0.1, -0.05) is 30.3 Å². The molecule has 3 rings (SSSR count). The lowest BCUT2D eigenvalue weighted by molar-refractivity contribution is -0.142. The SMILES string of the molecule is COC(=O)COc1cccc(/C=C2\C(=O)C(SC)=CC2(O)CCCCOc2ccccc2)c1. The van der Waals surface area contributed by atoms with Crippen LogP contribution in [0, 0.1) is 0 Å².